The molecule has 2 aliphatic heterocycles. The van der Waals surface area contributed by atoms with Gasteiger partial charge in [-0.2, -0.15) is 18.3 Å². The number of carbonyl (C=O) groups is 2. The molecule has 0 spiro atoms. The Morgan fingerprint density at radius 3 is 2.79 bits per heavy atom. The minimum atomic E-state index is -4.55. The van der Waals surface area contributed by atoms with E-state index in [4.69, 9.17) is 21.1 Å². The quantitative estimate of drug-likeness (QED) is 0.311. The van der Waals surface area contributed by atoms with Crippen molar-refractivity contribution in [3.8, 4) is 0 Å². The molecule has 12 heteroatoms. The smallest absolute Gasteiger partial charge is 0.353 e. The number of alkyl halides is 3. The second-order valence-electron chi connectivity index (χ2n) is 8.92. The van der Waals surface area contributed by atoms with Gasteiger partial charge in [0.05, 0.1) is 41.9 Å². The monoisotopic (exact) mass is 565 g/mol. The predicted molar refractivity (Wildman–Crippen MR) is 138 cm³/mol. The first-order valence-corrected chi connectivity index (χ1v) is 13.2. The van der Waals surface area contributed by atoms with Gasteiger partial charge in [0.25, 0.3) is 11.1 Å². The molecule has 3 aromatic rings. The molecular weight excluding hydrogens is 543 g/mol. The highest BCUT2D eigenvalue weighted by Crippen LogP contribution is 2.35. The van der Waals surface area contributed by atoms with Crippen molar-refractivity contribution in [2.45, 2.75) is 38.3 Å². The minimum Gasteiger partial charge on any atom is -0.353 e. The number of aromatic nitrogens is 2. The standard InChI is InChI=1S/C26H23ClF3N3O4S/c27-19-6-5-17(20(13-19)26(28,29)30)15-33-21-7-4-16(11-18(21)14-31-33)12-22-24(34)32(25(35)38-22)8-10-37-23-3-1-2-9-36-23/h4-7,11-14,23H,1-3,8-10,15H2. The fourth-order valence-corrected chi connectivity index (χ4v) is 5.43. The van der Waals surface area contributed by atoms with Crippen LogP contribution in [-0.2, 0) is 27.0 Å². The van der Waals surface area contributed by atoms with Crippen LogP contribution >= 0.6 is 23.4 Å². The van der Waals surface area contributed by atoms with Crippen molar-refractivity contribution in [2.75, 3.05) is 19.8 Å². The number of amides is 2. The molecule has 2 aromatic carbocycles. The molecule has 0 N–H and O–H groups in total. The number of hydrogen-bond acceptors (Lipinski definition) is 6. The number of thioether (sulfide) groups is 1. The molecule has 0 saturated carbocycles. The van der Waals surface area contributed by atoms with Crippen LogP contribution in [0.5, 0.6) is 0 Å². The molecule has 5 rings (SSSR count). The van der Waals surface area contributed by atoms with Gasteiger partial charge >= 0.3 is 6.18 Å². The molecule has 0 radical (unpaired) electrons. The molecule has 7 nitrogen and oxygen atoms in total. The van der Waals surface area contributed by atoms with E-state index in [9.17, 15) is 22.8 Å². The fourth-order valence-electron chi connectivity index (χ4n) is 4.40. The topological polar surface area (TPSA) is 73.7 Å². The van der Waals surface area contributed by atoms with Gasteiger partial charge in [-0.15, -0.1) is 0 Å². The number of fused-ring (bicyclic) bond motifs is 1. The average molecular weight is 566 g/mol. The molecule has 1 atom stereocenters. The second-order valence-corrected chi connectivity index (χ2v) is 10.3. The Bertz CT molecular complexity index is 1400. The number of imide groups is 1. The van der Waals surface area contributed by atoms with Gasteiger partial charge in [-0.25, -0.2) is 0 Å². The van der Waals surface area contributed by atoms with E-state index in [0.717, 1.165) is 42.0 Å². The SMILES string of the molecule is O=C1SC(=Cc2ccc3c(cnn3Cc3ccc(Cl)cc3C(F)(F)F)c2)C(=O)N1CCOC1CCCCO1. The van der Waals surface area contributed by atoms with Crippen LogP contribution in [0.15, 0.2) is 47.5 Å². The van der Waals surface area contributed by atoms with Gasteiger partial charge in [-0.1, -0.05) is 23.7 Å². The summed E-state index contributed by atoms with van der Waals surface area (Å²) in [5.41, 5.74) is 0.527. The lowest BCUT2D eigenvalue weighted by atomic mass is 10.1. The van der Waals surface area contributed by atoms with Gasteiger partial charge in [0.1, 0.15) is 0 Å². The van der Waals surface area contributed by atoms with E-state index in [1.807, 2.05) is 0 Å². The first-order chi connectivity index (χ1) is 18.2. The van der Waals surface area contributed by atoms with Gasteiger partial charge in [-0.05, 0) is 72.5 Å². The second kappa shape index (κ2) is 11.1. The van der Waals surface area contributed by atoms with Crippen LogP contribution in [0.4, 0.5) is 18.0 Å². The van der Waals surface area contributed by atoms with E-state index in [2.05, 4.69) is 5.10 Å². The largest absolute Gasteiger partial charge is 0.416 e. The molecule has 2 saturated heterocycles. The highest BCUT2D eigenvalue weighted by Gasteiger charge is 2.35. The Morgan fingerprint density at radius 1 is 1.18 bits per heavy atom. The van der Waals surface area contributed by atoms with Crippen molar-refractivity contribution in [3.63, 3.8) is 0 Å². The Labute approximate surface area is 225 Å². The van der Waals surface area contributed by atoms with Crippen LogP contribution in [0.1, 0.15) is 36.0 Å². The Kier molecular flexibility index (Phi) is 7.80. The Hall–Kier alpha value is -2.86. The zero-order valence-electron chi connectivity index (χ0n) is 20.0. The molecule has 1 unspecified atom stereocenters. The Balaban J connectivity index is 1.28. The molecule has 200 valence electrons. The van der Waals surface area contributed by atoms with Crippen molar-refractivity contribution in [1.29, 1.82) is 0 Å². The summed E-state index contributed by atoms with van der Waals surface area (Å²) in [6.45, 7) is 0.888. The van der Waals surface area contributed by atoms with E-state index in [1.165, 1.54) is 16.8 Å². The third kappa shape index (κ3) is 5.90. The lowest BCUT2D eigenvalue weighted by Gasteiger charge is -2.23. The average Bonchev–Trinajstić information content (AvgIpc) is 3.40. The summed E-state index contributed by atoms with van der Waals surface area (Å²) in [6, 6.07) is 8.88. The highest BCUT2D eigenvalue weighted by molar-refractivity contribution is 8.18. The lowest BCUT2D eigenvalue weighted by Crippen LogP contribution is -2.33. The summed E-state index contributed by atoms with van der Waals surface area (Å²) >= 11 is 6.64. The first-order valence-electron chi connectivity index (χ1n) is 12.0. The van der Waals surface area contributed by atoms with Crippen LogP contribution < -0.4 is 0 Å². The Morgan fingerprint density at radius 2 is 2.03 bits per heavy atom. The molecule has 1 aromatic heterocycles. The third-order valence-electron chi connectivity index (χ3n) is 6.29. The number of ether oxygens (including phenoxy) is 2. The van der Waals surface area contributed by atoms with E-state index in [1.54, 1.807) is 30.5 Å². The highest BCUT2D eigenvalue weighted by atomic mass is 35.5. The summed E-state index contributed by atoms with van der Waals surface area (Å²) < 4.78 is 53.1. The van der Waals surface area contributed by atoms with Gasteiger partial charge in [0, 0.05) is 17.0 Å². The number of rotatable bonds is 7. The molecular formula is C26H23ClF3N3O4S. The van der Waals surface area contributed by atoms with Crippen molar-refractivity contribution < 1.29 is 32.2 Å². The van der Waals surface area contributed by atoms with Crippen molar-refractivity contribution in [2.24, 2.45) is 0 Å². The van der Waals surface area contributed by atoms with E-state index in [0.29, 0.717) is 23.1 Å². The summed E-state index contributed by atoms with van der Waals surface area (Å²) in [7, 11) is 0. The molecule has 2 aliphatic rings. The van der Waals surface area contributed by atoms with E-state index in [-0.39, 0.29) is 46.7 Å². The summed E-state index contributed by atoms with van der Waals surface area (Å²) in [5, 5.41) is 4.58. The molecule has 0 aliphatic carbocycles. The van der Waals surface area contributed by atoms with Crippen LogP contribution in [0.2, 0.25) is 5.02 Å². The lowest BCUT2D eigenvalue weighted by molar-refractivity contribution is -0.164. The number of halogens is 4. The number of hydrogen-bond donors (Lipinski definition) is 0. The van der Waals surface area contributed by atoms with Gasteiger partial charge < -0.3 is 9.47 Å². The normalized spacial score (nSPS) is 19.7. The van der Waals surface area contributed by atoms with Crippen LogP contribution in [0.3, 0.4) is 0 Å². The van der Waals surface area contributed by atoms with Crippen molar-refractivity contribution in [3.05, 3.63) is 69.2 Å². The van der Waals surface area contributed by atoms with E-state index >= 15 is 0 Å². The maximum absolute atomic E-state index is 13.5. The van der Waals surface area contributed by atoms with Gasteiger partial charge in [-0.3, -0.25) is 19.2 Å². The summed E-state index contributed by atoms with van der Waals surface area (Å²) in [4.78, 5) is 26.7. The van der Waals surface area contributed by atoms with Crippen molar-refractivity contribution >= 4 is 51.5 Å². The number of benzene rings is 2. The van der Waals surface area contributed by atoms with Crippen LogP contribution in [0, 0.1) is 0 Å². The molecule has 2 amide bonds. The molecule has 3 heterocycles. The third-order valence-corrected chi connectivity index (χ3v) is 7.43. The maximum Gasteiger partial charge on any atom is 0.416 e. The maximum atomic E-state index is 13.5. The fraction of sp³-hybridized carbons (Fsp3) is 0.346. The predicted octanol–water partition coefficient (Wildman–Crippen LogP) is 6.34. The number of nitrogens with zero attached hydrogens (tertiary/aromatic N) is 3. The zero-order valence-corrected chi connectivity index (χ0v) is 21.6. The summed E-state index contributed by atoms with van der Waals surface area (Å²) in [5.74, 6) is -0.397. The van der Waals surface area contributed by atoms with Crippen LogP contribution in [-0.4, -0.2) is 51.9 Å². The van der Waals surface area contributed by atoms with Gasteiger partial charge in [0.2, 0.25) is 0 Å². The van der Waals surface area contributed by atoms with Crippen molar-refractivity contribution in [1.82, 2.24) is 14.7 Å². The molecule has 2 fully saturated rings. The van der Waals surface area contributed by atoms with Crippen LogP contribution in [0.25, 0.3) is 17.0 Å². The molecule has 38 heavy (non-hydrogen) atoms. The minimum absolute atomic E-state index is 0.00576. The van der Waals surface area contributed by atoms with Gasteiger partial charge in [0.15, 0.2) is 6.29 Å². The first kappa shape index (κ1) is 26.7. The number of carbonyl (C=O) groups excluding carboxylic acids is 2. The summed E-state index contributed by atoms with van der Waals surface area (Å²) in [6.07, 6.45) is 1.14. The molecule has 0 bridgehead atoms. The zero-order chi connectivity index (χ0) is 26.9. The van der Waals surface area contributed by atoms with E-state index < -0.39 is 17.6 Å².